The number of para-hydroxylation sites is 1. The molecule has 7 nitrogen and oxygen atoms in total. The van der Waals surface area contributed by atoms with E-state index >= 15 is 0 Å². The third kappa shape index (κ3) is 4.41. The monoisotopic (exact) mass is 299 g/mol. The van der Waals surface area contributed by atoms with E-state index in [1.807, 2.05) is 0 Å². The number of aromatic nitrogens is 1. The number of carbonyl (C=O) groups excluding carboxylic acids is 1. The van der Waals surface area contributed by atoms with E-state index in [0.29, 0.717) is 11.3 Å². The van der Waals surface area contributed by atoms with Crippen LogP contribution in [0.4, 0.5) is 0 Å². The molecule has 1 aromatic carbocycles. The average molecular weight is 299 g/mol. The Hall–Kier alpha value is -3.22. The lowest BCUT2D eigenvalue weighted by Crippen LogP contribution is -2.18. The Bertz CT molecular complexity index is 686. The number of carboxylic acids is 1. The maximum absolute atomic E-state index is 11.7. The van der Waals surface area contributed by atoms with Crippen molar-refractivity contribution in [2.75, 3.05) is 6.61 Å². The minimum Gasteiger partial charge on any atom is -0.481 e. The maximum atomic E-state index is 11.7. The van der Waals surface area contributed by atoms with Crippen molar-refractivity contribution in [2.24, 2.45) is 5.10 Å². The molecular formula is C15H13N3O4. The van der Waals surface area contributed by atoms with Gasteiger partial charge in [-0.05, 0) is 24.3 Å². The Morgan fingerprint density at radius 3 is 2.73 bits per heavy atom. The summed E-state index contributed by atoms with van der Waals surface area (Å²) in [5.41, 5.74) is 3.13. The molecule has 2 N–H and O–H groups in total. The van der Waals surface area contributed by atoms with Gasteiger partial charge >= 0.3 is 5.97 Å². The van der Waals surface area contributed by atoms with Gasteiger partial charge in [0.25, 0.3) is 5.91 Å². The molecule has 1 heterocycles. The van der Waals surface area contributed by atoms with Crippen LogP contribution in [0, 0.1) is 0 Å². The van der Waals surface area contributed by atoms with Gasteiger partial charge in [0.05, 0.1) is 6.21 Å². The Balaban J connectivity index is 2.01. The van der Waals surface area contributed by atoms with Gasteiger partial charge < -0.3 is 9.84 Å². The number of nitrogens with zero attached hydrogens (tertiary/aromatic N) is 2. The quantitative estimate of drug-likeness (QED) is 0.618. The van der Waals surface area contributed by atoms with Gasteiger partial charge in [0, 0.05) is 11.8 Å². The van der Waals surface area contributed by atoms with Crippen LogP contribution in [-0.2, 0) is 4.79 Å². The van der Waals surface area contributed by atoms with Gasteiger partial charge in [-0.3, -0.25) is 9.78 Å². The normalized spacial score (nSPS) is 10.4. The molecule has 0 atom stereocenters. The molecular weight excluding hydrogens is 286 g/mol. The van der Waals surface area contributed by atoms with Crippen molar-refractivity contribution in [1.82, 2.24) is 10.4 Å². The SMILES string of the molecule is O=C(O)COc1ccccc1C=NNC(=O)c1ccccn1. The summed E-state index contributed by atoms with van der Waals surface area (Å²) in [7, 11) is 0. The van der Waals surface area contributed by atoms with Crippen molar-refractivity contribution < 1.29 is 19.4 Å². The lowest BCUT2D eigenvalue weighted by atomic mass is 10.2. The zero-order valence-corrected chi connectivity index (χ0v) is 11.5. The summed E-state index contributed by atoms with van der Waals surface area (Å²) in [6, 6.07) is 11.7. The highest BCUT2D eigenvalue weighted by Gasteiger charge is 2.05. The van der Waals surface area contributed by atoms with Crippen LogP contribution < -0.4 is 10.2 Å². The number of aliphatic carboxylic acids is 1. The molecule has 22 heavy (non-hydrogen) atoms. The van der Waals surface area contributed by atoms with Crippen molar-refractivity contribution in [3.05, 3.63) is 59.9 Å². The molecule has 0 aliphatic carbocycles. The molecule has 0 saturated carbocycles. The summed E-state index contributed by atoms with van der Waals surface area (Å²) < 4.78 is 5.12. The van der Waals surface area contributed by atoms with E-state index in [1.54, 1.807) is 42.5 Å². The van der Waals surface area contributed by atoms with Gasteiger partial charge in [-0.25, -0.2) is 10.2 Å². The predicted octanol–water partition coefficient (Wildman–Crippen LogP) is 1.31. The van der Waals surface area contributed by atoms with Crippen molar-refractivity contribution in [3.63, 3.8) is 0 Å². The highest BCUT2D eigenvalue weighted by Crippen LogP contribution is 2.15. The third-order valence-electron chi connectivity index (χ3n) is 2.54. The molecule has 1 amide bonds. The number of ether oxygens (including phenoxy) is 1. The van der Waals surface area contributed by atoms with Crippen LogP contribution in [0.1, 0.15) is 16.1 Å². The van der Waals surface area contributed by atoms with Gasteiger partial charge in [0.1, 0.15) is 11.4 Å². The minimum atomic E-state index is -1.07. The molecule has 0 aliphatic heterocycles. The fourth-order valence-corrected chi connectivity index (χ4v) is 1.57. The fraction of sp³-hybridized carbons (Fsp3) is 0.0667. The number of amides is 1. The topological polar surface area (TPSA) is 101 Å². The van der Waals surface area contributed by atoms with Crippen LogP contribution in [-0.4, -0.2) is 34.8 Å². The zero-order chi connectivity index (χ0) is 15.8. The molecule has 0 fully saturated rings. The molecule has 7 heteroatoms. The highest BCUT2D eigenvalue weighted by molar-refractivity contribution is 5.93. The van der Waals surface area contributed by atoms with Gasteiger partial charge in [-0.15, -0.1) is 0 Å². The van der Waals surface area contributed by atoms with E-state index in [1.165, 1.54) is 12.4 Å². The van der Waals surface area contributed by atoms with E-state index in [4.69, 9.17) is 9.84 Å². The Morgan fingerprint density at radius 2 is 2.00 bits per heavy atom. The third-order valence-corrected chi connectivity index (χ3v) is 2.54. The average Bonchev–Trinajstić information content (AvgIpc) is 2.54. The van der Waals surface area contributed by atoms with Crippen molar-refractivity contribution in [2.45, 2.75) is 0 Å². The van der Waals surface area contributed by atoms with Crippen molar-refractivity contribution >= 4 is 18.1 Å². The van der Waals surface area contributed by atoms with Crippen LogP contribution >= 0.6 is 0 Å². The Morgan fingerprint density at radius 1 is 1.23 bits per heavy atom. The number of carboxylic acid groups (broad SMARTS) is 1. The number of pyridine rings is 1. The number of hydrogen-bond acceptors (Lipinski definition) is 5. The number of hydrogen-bond donors (Lipinski definition) is 2. The Labute approximate surface area is 126 Å². The first-order chi connectivity index (χ1) is 10.7. The molecule has 112 valence electrons. The first-order valence-corrected chi connectivity index (χ1v) is 6.35. The summed E-state index contributed by atoms with van der Waals surface area (Å²) in [5, 5.41) is 12.4. The summed E-state index contributed by atoms with van der Waals surface area (Å²) in [6.07, 6.45) is 2.88. The second-order valence-corrected chi connectivity index (χ2v) is 4.13. The molecule has 1 aromatic heterocycles. The largest absolute Gasteiger partial charge is 0.481 e. The first-order valence-electron chi connectivity index (χ1n) is 6.35. The van der Waals surface area contributed by atoms with Gasteiger partial charge in [0.15, 0.2) is 6.61 Å². The van der Waals surface area contributed by atoms with Crippen LogP contribution in [0.3, 0.4) is 0 Å². The van der Waals surface area contributed by atoms with Crippen molar-refractivity contribution in [3.8, 4) is 5.75 Å². The highest BCUT2D eigenvalue weighted by atomic mass is 16.5. The lowest BCUT2D eigenvalue weighted by Gasteiger charge is -2.06. The van der Waals surface area contributed by atoms with E-state index in [2.05, 4.69) is 15.5 Å². The summed E-state index contributed by atoms with van der Waals surface area (Å²) >= 11 is 0. The molecule has 0 aliphatic rings. The number of benzene rings is 1. The van der Waals surface area contributed by atoms with Gasteiger partial charge in [0.2, 0.25) is 0 Å². The van der Waals surface area contributed by atoms with E-state index in [9.17, 15) is 9.59 Å². The number of nitrogens with one attached hydrogen (secondary N) is 1. The van der Waals surface area contributed by atoms with Crippen molar-refractivity contribution in [1.29, 1.82) is 0 Å². The number of rotatable bonds is 6. The summed E-state index contributed by atoms with van der Waals surface area (Å²) in [5.74, 6) is -1.16. The van der Waals surface area contributed by atoms with E-state index in [0.717, 1.165) is 0 Å². The molecule has 2 rings (SSSR count). The zero-order valence-electron chi connectivity index (χ0n) is 11.5. The standard InChI is InChI=1S/C15H13N3O4/c19-14(20)10-22-13-7-2-1-5-11(13)9-17-18-15(21)12-6-3-4-8-16-12/h1-9H,10H2,(H,18,21)(H,19,20). The van der Waals surface area contributed by atoms with E-state index < -0.39 is 18.5 Å². The first kappa shape index (κ1) is 15.2. The Kier molecular flexibility index (Phi) is 5.20. The second kappa shape index (κ2) is 7.53. The van der Waals surface area contributed by atoms with Crippen LogP contribution in [0.2, 0.25) is 0 Å². The number of hydrazone groups is 1. The summed E-state index contributed by atoms with van der Waals surface area (Å²) in [6.45, 7) is -0.453. The molecule has 0 saturated heterocycles. The smallest absolute Gasteiger partial charge is 0.341 e. The fourth-order valence-electron chi connectivity index (χ4n) is 1.57. The predicted molar refractivity (Wildman–Crippen MR) is 78.9 cm³/mol. The molecule has 0 spiro atoms. The number of carbonyl (C=O) groups is 2. The van der Waals surface area contributed by atoms with Crippen LogP contribution in [0.25, 0.3) is 0 Å². The maximum Gasteiger partial charge on any atom is 0.341 e. The minimum absolute atomic E-state index is 0.245. The molecule has 2 aromatic rings. The lowest BCUT2D eigenvalue weighted by molar-refractivity contribution is -0.139. The molecule has 0 radical (unpaired) electrons. The van der Waals surface area contributed by atoms with Gasteiger partial charge in [-0.1, -0.05) is 18.2 Å². The second-order valence-electron chi connectivity index (χ2n) is 4.13. The molecule has 0 bridgehead atoms. The van der Waals surface area contributed by atoms with Crippen LogP contribution in [0.15, 0.2) is 53.8 Å². The summed E-state index contributed by atoms with van der Waals surface area (Å²) in [4.78, 5) is 26.2. The van der Waals surface area contributed by atoms with Gasteiger partial charge in [-0.2, -0.15) is 5.10 Å². The van der Waals surface area contributed by atoms with Crippen LogP contribution in [0.5, 0.6) is 5.75 Å². The molecule has 0 unspecified atom stereocenters. The van der Waals surface area contributed by atoms with E-state index in [-0.39, 0.29) is 5.69 Å².